The van der Waals surface area contributed by atoms with Crippen molar-refractivity contribution in [3.8, 4) is 5.75 Å². The number of para-hydroxylation sites is 1. The van der Waals surface area contributed by atoms with Crippen LogP contribution in [0.3, 0.4) is 0 Å². The Morgan fingerprint density at radius 3 is 2.76 bits per heavy atom. The van der Waals surface area contributed by atoms with Gasteiger partial charge in [0.05, 0.1) is 10.9 Å². The molecule has 1 amide bonds. The number of rotatable bonds is 8. The molecule has 1 unspecified atom stereocenters. The van der Waals surface area contributed by atoms with Gasteiger partial charge in [0, 0.05) is 29.7 Å². The average Bonchev–Trinajstić information content (AvgIpc) is 3.51. The van der Waals surface area contributed by atoms with Crippen LogP contribution in [0.25, 0.3) is 17.0 Å². The van der Waals surface area contributed by atoms with E-state index in [-0.39, 0.29) is 23.2 Å². The average molecular weight is 518 g/mol. The first-order valence-corrected chi connectivity index (χ1v) is 13.4. The summed E-state index contributed by atoms with van der Waals surface area (Å²) in [6.07, 6.45) is 6.57. The molecular weight excluding hydrogens is 490 g/mol. The normalized spacial score (nSPS) is 15.5. The number of aromatic hydroxyl groups is 1. The third kappa shape index (κ3) is 5.01. The zero-order valence-electron chi connectivity index (χ0n) is 20.0. The third-order valence-electron chi connectivity index (χ3n) is 6.80. The van der Waals surface area contributed by atoms with Gasteiger partial charge in [-0.1, -0.05) is 42.5 Å². The molecule has 190 valence electrons. The maximum atomic E-state index is 13.9. The minimum absolute atomic E-state index is 0.0504. The van der Waals surface area contributed by atoms with E-state index >= 15 is 0 Å². The van der Waals surface area contributed by atoms with Gasteiger partial charge >= 0.3 is 0 Å². The van der Waals surface area contributed by atoms with Crippen LogP contribution in [-0.4, -0.2) is 40.5 Å². The summed E-state index contributed by atoms with van der Waals surface area (Å²) < 4.78 is 29.4. The van der Waals surface area contributed by atoms with Crippen molar-refractivity contribution in [3.05, 3.63) is 101 Å². The molecule has 4 aromatic rings. The smallest absolute Gasteiger partial charge is 0.267 e. The molecule has 3 aromatic carbocycles. The highest BCUT2D eigenvalue weighted by Crippen LogP contribution is 2.40. The number of fused-ring (bicyclic) bond motifs is 2. The molecule has 0 fully saturated rings. The van der Waals surface area contributed by atoms with Crippen molar-refractivity contribution in [2.24, 2.45) is 0 Å². The second-order valence-corrected chi connectivity index (χ2v) is 10.9. The zero-order valence-corrected chi connectivity index (χ0v) is 20.8. The number of sulfonamides is 1. The number of hydroxylamine groups is 1. The number of aryl methyl sites for hydroxylation is 1. The lowest BCUT2D eigenvalue weighted by Gasteiger charge is -2.29. The number of nitrogens with zero attached hydrogens (tertiary/aromatic N) is 1. The van der Waals surface area contributed by atoms with Crippen LogP contribution in [0, 0.1) is 0 Å². The first-order chi connectivity index (χ1) is 17.9. The van der Waals surface area contributed by atoms with Gasteiger partial charge in [-0.2, -0.15) is 4.31 Å². The largest absolute Gasteiger partial charge is 0.508 e. The van der Waals surface area contributed by atoms with E-state index in [9.17, 15) is 18.3 Å². The lowest BCUT2D eigenvalue weighted by Crippen LogP contribution is -2.35. The number of hydrogen-bond acceptors (Lipinski definition) is 5. The van der Waals surface area contributed by atoms with E-state index in [1.54, 1.807) is 15.9 Å². The Morgan fingerprint density at radius 1 is 1.11 bits per heavy atom. The molecule has 1 aromatic heterocycles. The number of carbonyl (C=O) groups excluding carboxylic acids is 1. The Kier molecular flexibility index (Phi) is 6.84. The van der Waals surface area contributed by atoms with E-state index in [0.717, 1.165) is 33.2 Å². The number of nitrogens with one attached hydrogen (secondary N) is 2. The van der Waals surface area contributed by atoms with Crippen LogP contribution in [0.4, 0.5) is 0 Å². The topological polar surface area (TPSA) is 123 Å². The number of H-pyrrole nitrogens is 1. The van der Waals surface area contributed by atoms with Gasteiger partial charge in [-0.3, -0.25) is 10.0 Å². The predicted octanol–water partition coefficient (Wildman–Crippen LogP) is 4.31. The standard InChI is InChI=1S/C28H27N3O5S/c32-22-4-3-5-23(17-22)37(35,36)31(15-14-21-18-29-26-7-2-1-6-24(21)26)27-12-10-20-16-19(8-11-25(20)27)9-13-28(33)30-34/h1-9,11,13,16-18,27,29,32,34H,10,12,14-15H2,(H,30,33). The van der Waals surface area contributed by atoms with E-state index in [0.29, 0.717) is 19.3 Å². The van der Waals surface area contributed by atoms with Crippen molar-refractivity contribution >= 4 is 32.9 Å². The Bertz CT molecular complexity index is 1590. The van der Waals surface area contributed by atoms with Crippen LogP contribution in [0.1, 0.15) is 34.7 Å². The summed E-state index contributed by atoms with van der Waals surface area (Å²) in [5.41, 5.74) is 6.32. The summed E-state index contributed by atoms with van der Waals surface area (Å²) in [4.78, 5) is 14.6. The summed E-state index contributed by atoms with van der Waals surface area (Å²) >= 11 is 0. The maximum absolute atomic E-state index is 13.9. The minimum Gasteiger partial charge on any atom is -0.508 e. The predicted molar refractivity (Wildman–Crippen MR) is 140 cm³/mol. The molecule has 0 saturated carbocycles. The van der Waals surface area contributed by atoms with Crippen molar-refractivity contribution in [2.45, 2.75) is 30.2 Å². The van der Waals surface area contributed by atoms with E-state index in [4.69, 9.17) is 5.21 Å². The second-order valence-electron chi connectivity index (χ2n) is 9.04. The van der Waals surface area contributed by atoms with Gasteiger partial charge < -0.3 is 10.1 Å². The first kappa shape index (κ1) is 24.8. The van der Waals surface area contributed by atoms with E-state index < -0.39 is 15.9 Å². The van der Waals surface area contributed by atoms with Gasteiger partial charge in [-0.25, -0.2) is 13.9 Å². The number of phenolic OH excluding ortho intramolecular Hbond substituents is 1. The van der Waals surface area contributed by atoms with Crippen molar-refractivity contribution in [3.63, 3.8) is 0 Å². The second kappa shape index (κ2) is 10.2. The van der Waals surface area contributed by atoms with Crippen molar-refractivity contribution in [2.75, 3.05) is 6.54 Å². The van der Waals surface area contributed by atoms with Crippen LogP contribution < -0.4 is 5.48 Å². The number of benzene rings is 3. The van der Waals surface area contributed by atoms with Gasteiger partial charge in [0.2, 0.25) is 10.0 Å². The first-order valence-electron chi connectivity index (χ1n) is 12.0. The van der Waals surface area contributed by atoms with Gasteiger partial charge in [0.15, 0.2) is 0 Å². The number of phenols is 1. The highest BCUT2D eigenvalue weighted by Gasteiger charge is 2.36. The number of carbonyl (C=O) groups is 1. The van der Waals surface area contributed by atoms with Crippen LogP contribution in [0.2, 0.25) is 0 Å². The quantitative estimate of drug-likeness (QED) is 0.158. The maximum Gasteiger partial charge on any atom is 0.267 e. The molecule has 0 bridgehead atoms. The Morgan fingerprint density at radius 2 is 1.95 bits per heavy atom. The monoisotopic (exact) mass is 517 g/mol. The summed E-state index contributed by atoms with van der Waals surface area (Å²) in [6.45, 7) is 0.266. The zero-order chi connectivity index (χ0) is 26.0. The summed E-state index contributed by atoms with van der Waals surface area (Å²) in [5, 5.41) is 19.7. The molecular formula is C28H27N3O5S. The van der Waals surface area contributed by atoms with E-state index in [2.05, 4.69) is 4.98 Å². The van der Waals surface area contributed by atoms with Crippen LogP contribution in [0.5, 0.6) is 5.75 Å². The van der Waals surface area contributed by atoms with Gasteiger partial charge in [0.25, 0.3) is 5.91 Å². The van der Waals surface area contributed by atoms with Crippen molar-refractivity contribution in [1.29, 1.82) is 0 Å². The fraction of sp³-hybridized carbons (Fsp3) is 0.179. The number of aromatic nitrogens is 1. The van der Waals surface area contributed by atoms with Crippen LogP contribution in [0.15, 0.2) is 83.9 Å². The molecule has 0 spiro atoms. The van der Waals surface area contributed by atoms with Crippen LogP contribution in [-0.2, 0) is 27.7 Å². The lowest BCUT2D eigenvalue weighted by atomic mass is 10.0. The molecule has 1 atom stereocenters. The molecule has 5 rings (SSSR count). The summed E-state index contributed by atoms with van der Waals surface area (Å²) in [6, 6.07) is 19.0. The van der Waals surface area contributed by atoms with Crippen molar-refractivity contribution < 1.29 is 23.5 Å². The fourth-order valence-corrected chi connectivity index (χ4v) is 6.70. The third-order valence-corrected chi connectivity index (χ3v) is 8.70. The number of hydrogen-bond donors (Lipinski definition) is 4. The molecule has 8 nitrogen and oxygen atoms in total. The molecule has 9 heteroatoms. The molecule has 0 radical (unpaired) electrons. The molecule has 1 aliphatic rings. The van der Waals surface area contributed by atoms with Crippen molar-refractivity contribution in [1.82, 2.24) is 14.8 Å². The lowest BCUT2D eigenvalue weighted by molar-refractivity contribution is -0.124. The van der Waals surface area contributed by atoms with Crippen LogP contribution >= 0.6 is 0 Å². The molecule has 1 aliphatic carbocycles. The molecule has 4 N–H and O–H groups in total. The SMILES string of the molecule is O=C(C=Cc1ccc2c(c1)CCC2N(CCc1c[nH]c2ccccc12)S(=O)(=O)c1cccc(O)c1)NO. The van der Waals surface area contributed by atoms with E-state index in [1.807, 2.05) is 48.7 Å². The van der Waals surface area contributed by atoms with E-state index in [1.165, 1.54) is 30.3 Å². The fourth-order valence-electron chi connectivity index (χ4n) is 5.02. The highest BCUT2D eigenvalue weighted by atomic mass is 32.2. The van der Waals surface area contributed by atoms with Gasteiger partial charge in [0.1, 0.15) is 5.75 Å². The number of amides is 1. The molecule has 0 aliphatic heterocycles. The Hall–Kier alpha value is -3.92. The van der Waals surface area contributed by atoms with Gasteiger partial charge in [-0.05, 0) is 71.9 Å². The highest BCUT2D eigenvalue weighted by molar-refractivity contribution is 7.89. The molecule has 0 saturated heterocycles. The Labute approximate surface area is 214 Å². The molecule has 1 heterocycles. The summed E-state index contributed by atoms with van der Waals surface area (Å²) in [7, 11) is -3.92. The number of aromatic amines is 1. The Balaban J connectivity index is 1.49. The summed E-state index contributed by atoms with van der Waals surface area (Å²) in [5.74, 6) is -0.730. The van der Waals surface area contributed by atoms with Gasteiger partial charge in [-0.15, -0.1) is 0 Å². The minimum atomic E-state index is -3.92. The molecule has 37 heavy (non-hydrogen) atoms.